The third-order valence-corrected chi connectivity index (χ3v) is 4.09. The van der Waals surface area contributed by atoms with Gasteiger partial charge in [0.1, 0.15) is 0 Å². The number of nitrogens with zero attached hydrogens (tertiary/aromatic N) is 1. The molecule has 0 heterocycles. The SMILES string of the molecule is CCOC(=O)CCN(C(=O)C1CCCCC1)C1CC1. The zero-order chi connectivity index (χ0) is 13.7. The van der Waals surface area contributed by atoms with Gasteiger partial charge >= 0.3 is 5.97 Å². The first-order valence-electron chi connectivity index (χ1n) is 7.68. The fourth-order valence-electron chi connectivity index (χ4n) is 2.89. The summed E-state index contributed by atoms with van der Waals surface area (Å²) in [5.41, 5.74) is 0. The van der Waals surface area contributed by atoms with Crippen molar-refractivity contribution < 1.29 is 14.3 Å². The molecule has 2 rings (SSSR count). The summed E-state index contributed by atoms with van der Waals surface area (Å²) in [6.45, 7) is 2.77. The molecule has 0 aliphatic heterocycles. The van der Waals surface area contributed by atoms with Crippen LogP contribution < -0.4 is 0 Å². The lowest BCUT2D eigenvalue weighted by Gasteiger charge is -2.29. The molecule has 0 spiro atoms. The van der Waals surface area contributed by atoms with E-state index >= 15 is 0 Å². The molecular weight excluding hydrogens is 242 g/mol. The van der Waals surface area contributed by atoms with Gasteiger partial charge in [0, 0.05) is 18.5 Å². The van der Waals surface area contributed by atoms with Crippen LogP contribution in [0.1, 0.15) is 58.3 Å². The zero-order valence-electron chi connectivity index (χ0n) is 11.9. The minimum Gasteiger partial charge on any atom is -0.466 e. The van der Waals surface area contributed by atoms with Crippen molar-refractivity contribution in [3.8, 4) is 0 Å². The Balaban J connectivity index is 1.84. The Labute approximate surface area is 115 Å². The molecular formula is C15H25NO3. The van der Waals surface area contributed by atoms with Gasteiger partial charge in [-0.3, -0.25) is 9.59 Å². The van der Waals surface area contributed by atoms with E-state index in [9.17, 15) is 9.59 Å². The van der Waals surface area contributed by atoms with E-state index in [0.29, 0.717) is 25.6 Å². The van der Waals surface area contributed by atoms with Crippen molar-refractivity contribution in [1.29, 1.82) is 0 Å². The van der Waals surface area contributed by atoms with Crippen molar-refractivity contribution >= 4 is 11.9 Å². The van der Waals surface area contributed by atoms with Gasteiger partial charge in [-0.05, 0) is 32.6 Å². The standard InChI is InChI=1S/C15H25NO3/c1-2-19-14(17)10-11-16(13-8-9-13)15(18)12-6-4-3-5-7-12/h12-13H,2-11H2,1H3. The van der Waals surface area contributed by atoms with Crippen LogP contribution in [0, 0.1) is 5.92 Å². The largest absolute Gasteiger partial charge is 0.466 e. The lowest BCUT2D eigenvalue weighted by atomic mass is 9.88. The highest BCUT2D eigenvalue weighted by Crippen LogP contribution is 2.32. The van der Waals surface area contributed by atoms with E-state index in [2.05, 4.69) is 0 Å². The highest BCUT2D eigenvalue weighted by atomic mass is 16.5. The van der Waals surface area contributed by atoms with Crippen molar-refractivity contribution in [3.05, 3.63) is 0 Å². The van der Waals surface area contributed by atoms with E-state index in [-0.39, 0.29) is 17.8 Å². The molecule has 0 aromatic rings. The van der Waals surface area contributed by atoms with Crippen LogP contribution in [0.4, 0.5) is 0 Å². The highest BCUT2D eigenvalue weighted by molar-refractivity contribution is 5.80. The zero-order valence-corrected chi connectivity index (χ0v) is 11.9. The number of hydrogen-bond donors (Lipinski definition) is 0. The van der Waals surface area contributed by atoms with Gasteiger partial charge in [-0.15, -0.1) is 0 Å². The monoisotopic (exact) mass is 267 g/mol. The van der Waals surface area contributed by atoms with Crippen LogP contribution in [0.3, 0.4) is 0 Å². The number of ether oxygens (including phenoxy) is 1. The van der Waals surface area contributed by atoms with E-state index < -0.39 is 0 Å². The molecule has 2 saturated carbocycles. The summed E-state index contributed by atoms with van der Waals surface area (Å²) in [6.07, 6.45) is 8.20. The maximum absolute atomic E-state index is 12.5. The van der Waals surface area contributed by atoms with Crippen molar-refractivity contribution in [2.45, 2.75) is 64.3 Å². The normalized spacial score (nSPS) is 20.1. The first-order chi connectivity index (χ1) is 9.22. The maximum atomic E-state index is 12.5. The van der Waals surface area contributed by atoms with Crippen molar-refractivity contribution in [1.82, 2.24) is 4.90 Å². The second-order valence-electron chi connectivity index (χ2n) is 5.65. The van der Waals surface area contributed by atoms with Crippen molar-refractivity contribution in [2.24, 2.45) is 5.92 Å². The van der Waals surface area contributed by atoms with Crippen LogP contribution in [-0.2, 0) is 14.3 Å². The lowest BCUT2D eigenvalue weighted by molar-refractivity contribution is -0.144. The summed E-state index contributed by atoms with van der Waals surface area (Å²) in [6, 6.07) is 0.392. The van der Waals surface area contributed by atoms with Gasteiger partial charge in [0.15, 0.2) is 0 Å². The second kappa shape index (κ2) is 6.92. The minimum absolute atomic E-state index is 0.190. The van der Waals surface area contributed by atoms with Crippen molar-refractivity contribution in [3.63, 3.8) is 0 Å². The smallest absolute Gasteiger partial charge is 0.307 e. The topological polar surface area (TPSA) is 46.6 Å². The lowest BCUT2D eigenvalue weighted by Crippen LogP contribution is -2.40. The summed E-state index contributed by atoms with van der Waals surface area (Å²) < 4.78 is 4.94. The molecule has 19 heavy (non-hydrogen) atoms. The quantitative estimate of drug-likeness (QED) is 0.695. The Morgan fingerprint density at radius 3 is 2.37 bits per heavy atom. The minimum atomic E-state index is -0.190. The number of hydrogen-bond acceptors (Lipinski definition) is 3. The van der Waals surface area contributed by atoms with Gasteiger partial charge in [0.2, 0.25) is 5.91 Å². The molecule has 0 radical (unpaired) electrons. The van der Waals surface area contributed by atoms with Crippen molar-refractivity contribution in [2.75, 3.05) is 13.2 Å². The van der Waals surface area contributed by atoms with Crippen LogP contribution in [0.15, 0.2) is 0 Å². The second-order valence-corrected chi connectivity index (χ2v) is 5.65. The molecule has 2 aliphatic carbocycles. The number of esters is 1. The summed E-state index contributed by atoms with van der Waals surface area (Å²) in [5.74, 6) is 0.299. The predicted octanol–water partition coefficient (Wildman–Crippen LogP) is 2.51. The van der Waals surface area contributed by atoms with Crippen LogP contribution >= 0.6 is 0 Å². The van der Waals surface area contributed by atoms with Crippen LogP contribution in [-0.4, -0.2) is 36.0 Å². The Kier molecular flexibility index (Phi) is 5.23. The van der Waals surface area contributed by atoms with Crippen LogP contribution in [0.2, 0.25) is 0 Å². The van der Waals surface area contributed by atoms with Gasteiger partial charge in [0.25, 0.3) is 0 Å². The summed E-state index contributed by atoms with van der Waals surface area (Å²) in [4.78, 5) is 25.9. The van der Waals surface area contributed by atoms with E-state index in [0.717, 1.165) is 25.7 Å². The van der Waals surface area contributed by atoms with Gasteiger partial charge in [-0.25, -0.2) is 0 Å². The first-order valence-corrected chi connectivity index (χ1v) is 7.68. The predicted molar refractivity (Wildman–Crippen MR) is 72.6 cm³/mol. The molecule has 0 unspecified atom stereocenters. The highest BCUT2D eigenvalue weighted by Gasteiger charge is 2.36. The molecule has 108 valence electrons. The maximum Gasteiger partial charge on any atom is 0.307 e. The number of rotatable bonds is 6. The van der Waals surface area contributed by atoms with Crippen LogP contribution in [0.25, 0.3) is 0 Å². The van der Waals surface area contributed by atoms with Gasteiger partial charge < -0.3 is 9.64 Å². The van der Waals surface area contributed by atoms with Gasteiger partial charge in [-0.2, -0.15) is 0 Å². The Bertz CT molecular complexity index is 319. The Morgan fingerprint density at radius 1 is 1.11 bits per heavy atom. The molecule has 1 amide bonds. The molecule has 0 aromatic carbocycles. The third kappa shape index (κ3) is 4.22. The first kappa shape index (κ1) is 14.4. The molecule has 2 fully saturated rings. The summed E-state index contributed by atoms with van der Waals surface area (Å²) in [5, 5.41) is 0. The molecule has 0 atom stereocenters. The molecule has 0 saturated heterocycles. The molecule has 4 nitrogen and oxygen atoms in total. The third-order valence-electron chi connectivity index (χ3n) is 4.09. The molecule has 0 N–H and O–H groups in total. The average Bonchev–Trinajstić information content (AvgIpc) is 3.25. The fourth-order valence-corrected chi connectivity index (χ4v) is 2.89. The molecule has 0 aromatic heterocycles. The molecule has 4 heteroatoms. The molecule has 0 bridgehead atoms. The summed E-state index contributed by atoms with van der Waals surface area (Å²) >= 11 is 0. The average molecular weight is 267 g/mol. The van der Waals surface area contributed by atoms with Gasteiger partial charge in [-0.1, -0.05) is 19.3 Å². The van der Waals surface area contributed by atoms with Gasteiger partial charge in [0.05, 0.1) is 13.0 Å². The number of carbonyl (C=O) groups is 2. The Hall–Kier alpha value is -1.06. The fraction of sp³-hybridized carbons (Fsp3) is 0.867. The Morgan fingerprint density at radius 2 is 1.79 bits per heavy atom. The van der Waals surface area contributed by atoms with E-state index in [1.807, 2.05) is 11.8 Å². The number of carbonyl (C=O) groups excluding carboxylic acids is 2. The van der Waals surface area contributed by atoms with Crippen LogP contribution in [0.5, 0.6) is 0 Å². The number of amides is 1. The summed E-state index contributed by atoms with van der Waals surface area (Å²) in [7, 11) is 0. The van der Waals surface area contributed by atoms with E-state index in [1.165, 1.54) is 19.3 Å². The van der Waals surface area contributed by atoms with E-state index in [1.54, 1.807) is 0 Å². The molecule has 2 aliphatic rings. The van der Waals surface area contributed by atoms with E-state index in [4.69, 9.17) is 4.74 Å².